The summed E-state index contributed by atoms with van der Waals surface area (Å²) in [6.07, 6.45) is 5.62. The summed E-state index contributed by atoms with van der Waals surface area (Å²) in [5.41, 5.74) is 3.03. The van der Waals surface area contributed by atoms with Gasteiger partial charge in [-0.3, -0.25) is 4.79 Å². The van der Waals surface area contributed by atoms with E-state index in [0.717, 1.165) is 48.0 Å². The van der Waals surface area contributed by atoms with E-state index in [2.05, 4.69) is 9.88 Å². The fourth-order valence-electron chi connectivity index (χ4n) is 5.75. The summed E-state index contributed by atoms with van der Waals surface area (Å²) >= 11 is 0. The first-order chi connectivity index (χ1) is 20.0. The van der Waals surface area contributed by atoms with E-state index >= 15 is 0 Å². The molecule has 0 radical (unpaired) electrons. The topological polar surface area (TPSA) is 116 Å². The number of carbonyl (C=O) groups excluding carboxylic acids is 1. The van der Waals surface area contributed by atoms with Crippen LogP contribution in [0.2, 0.25) is 0 Å². The lowest BCUT2D eigenvalue weighted by molar-refractivity contribution is -0.139. The molecule has 210 valence electrons. The number of para-hydroxylation sites is 1. The number of hydrogen-bond acceptors (Lipinski definition) is 6. The Morgan fingerprint density at radius 2 is 1.76 bits per heavy atom. The third-order valence-electron chi connectivity index (χ3n) is 7.80. The Labute approximate surface area is 236 Å². The predicted molar refractivity (Wildman–Crippen MR) is 154 cm³/mol. The van der Waals surface area contributed by atoms with E-state index in [1.165, 1.54) is 20.6 Å². The molecule has 2 aromatic heterocycles. The number of carboxylic acids is 1. The zero-order valence-corrected chi connectivity index (χ0v) is 22.9. The second-order valence-electron chi connectivity index (χ2n) is 10.3. The molecule has 6 rings (SSSR count). The van der Waals surface area contributed by atoms with Crippen molar-refractivity contribution >= 4 is 33.9 Å². The molecule has 5 aromatic rings. The van der Waals surface area contributed by atoms with Gasteiger partial charge in [-0.2, -0.15) is 0 Å². The average Bonchev–Trinajstić information content (AvgIpc) is 3.61. The summed E-state index contributed by atoms with van der Waals surface area (Å²) in [4.78, 5) is 30.5. The molecular weight excluding hydrogens is 522 g/mol. The van der Waals surface area contributed by atoms with Gasteiger partial charge >= 0.3 is 5.97 Å². The van der Waals surface area contributed by atoms with Crippen molar-refractivity contribution in [1.29, 1.82) is 0 Å². The fraction of sp³-hybridized carbons (Fsp3) is 0.281. The molecule has 1 unspecified atom stereocenters. The van der Waals surface area contributed by atoms with E-state index in [1.807, 2.05) is 36.4 Å². The highest BCUT2D eigenvalue weighted by Crippen LogP contribution is 2.38. The highest BCUT2D eigenvalue weighted by atomic mass is 16.5. The first kappa shape index (κ1) is 26.4. The predicted octanol–water partition coefficient (Wildman–Crippen LogP) is 6.53. The lowest BCUT2D eigenvalue weighted by Crippen LogP contribution is -2.33. The first-order valence-corrected chi connectivity index (χ1v) is 13.7. The highest BCUT2D eigenvalue weighted by molar-refractivity contribution is 6.00. The van der Waals surface area contributed by atoms with E-state index in [-0.39, 0.29) is 6.04 Å². The van der Waals surface area contributed by atoms with Gasteiger partial charge < -0.3 is 28.9 Å². The summed E-state index contributed by atoms with van der Waals surface area (Å²) in [6.45, 7) is 0. The van der Waals surface area contributed by atoms with Crippen molar-refractivity contribution in [3.05, 3.63) is 77.9 Å². The normalized spacial score (nSPS) is 14.7. The molecule has 0 aliphatic heterocycles. The maximum Gasteiger partial charge on any atom is 0.330 e. The molecule has 0 spiro atoms. The molecular formula is C32H31N3O6. The molecule has 1 saturated carbocycles. The number of aliphatic carboxylic acids is 1. The van der Waals surface area contributed by atoms with Gasteiger partial charge in [0.25, 0.3) is 5.91 Å². The molecule has 9 heteroatoms. The molecule has 0 saturated heterocycles. The molecule has 2 heterocycles. The number of nitrogens with zero attached hydrogens (tertiary/aromatic N) is 2. The second kappa shape index (κ2) is 11.0. The van der Waals surface area contributed by atoms with E-state index in [4.69, 9.17) is 18.9 Å². The van der Waals surface area contributed by atoms with Crippen molar-refractivity contribution in [2.75, 3.05) is 14.2 Å². The Morgan fingerprint density at radius 1 is 0.976 bits per heavy atom. The largest absolute Gasteiger partial charge is 0.493 e. The van der Waals surface area contributed by atoms with Crippen LogP contribution in [0.25, 0.3) is 33.6 Å². The minimum atomic E-state index is -1.29. The SMILES string of the molecule is COc1ccc(C(NC(=O)c2ccc3c(c2)nc(-c2cc4ccccc4o2)n3C2CCCCC2)C(=O)O)cc1OC. The van der Waals surface area contributed by atoms with Crippen molar-refractivity contribution < 1.29 is 28.6 Å². The van der Waals surface area contributed by atoms with Crippen molar-refractivity contribution in [2.24, 2.45) is 0 Å². The van der Waals surface area contributed by atoms with Crippen LogP contribution in [-0.2, 0) is 4.79 Å². The molecule has 9 nitrogen and oxygen atoms in total. The molecule has 41 heavy (non-hydrogen) atoms. The van der Waals surface area contributed by atoms with Crippen molar-refractivity contribution in [2.45, 2.75) is 44.2 Å². The quantitative estimate of drug-likeness (QED) is 0.224. The second-order valence-corrected chi connectivity index (χ2v) is 10.3. The number of furan rings is 1. The van der Waals surface area contributed by atoms with E-state index < -0.39 is 17.9 Å². The van der Waals surface area contributed by atoms with Crippen molar-refractivity contribution in [3.8, 4) is 23.1 Å². The van der Waals surface area contributed by atoms with Gasteiger partial charge in [0.2, 0.25) is 0 Å². The molecule has 1 atom stereocenters. The number of ether oxygens (including phenoxy) is 2. The van der Waals surface area contributed by atoms with Gasteiger partial charge in [-0.1, -0.05) is 43.5 Å². The number of hydrogen-bond donors (Lipinski definition) is 2. The number of rotatable bonds is 8. The Balaban J connectivity index is 1.37. The lowest BCUT2D eigenvalue weighted by Gasteiger charge is -2.25. The third kappa shape index (κ3) is 4.99. The van der Waals surface area contributed by atoms with Gasteiger partial charge in [0, 0.05) is 17.0 Å². The zero-order valence-electron chi connectivity index (χ0n) is 22.9. The number of amides is 1. The molecule has 0 bridgehead atoms. The number of carbonyl (C=O) groups is 2. The third-order valence-corrected chi connectivity index (χ3v) is 7.80. The minimum Gasteiger partial charge on any atom is -0.493 e. The number of fused-ring (bicyclic) bond motifs is 2. The standard InChI is InChI=1S/C32H31N3O6/c1-39-26-15-13-20(18-27(26)40-2)29(32(37)38)34-31(36)21-12-14-24-23(16-21)33-30(35(24)22-9-4-3-5-10-22)28-17-19-8-6-7-11-25(19)41-28/h6-8,11-18,22,29H,3-5,9-10H2,1-2H3,(H,34,36)(H,37,38). The maximum atomic E-state index is 13.4. The van der Waals surface area contributed by atoms with E-state index in [9.17, 15) is 14.7 Å². The van der Waals surface area contributed by atoms with Crippen molar-refractivity contribution in [1.82, 2.24) is 14.9 Å². The van der Waals surface area contributed by atoms with Gasteiger partial charge in [0.15, 0.2) is 29.1 Å². The van der Waals surface area contributed by atoms with Gasteiger partial charge in [-0.25, -0.2) is 9.78 Å². The molecule has 2 N–H and O–H groups in total. The van der Waals surface area contributed by atoms with Crippen LogP contribution in [0.1, 0.15) is 60.1 Å². The van der Waals surface area contributed by atoms with Crippen molar-refractivity contribution in [3.63, 3.8) is 0 Å². The van der Waals surface area contributed by atoms with Crippen LogP contribution in [0, 0.1) is 0 Å². The van der Waals surface area contributed by atoms with Gasteiger partial charge in [-0.15, -0.1) is 0 Å². The fourth-order valence-corrected chi connectivity index (χ4v) is 5.75. The van der Waals surface area contributed by atoms with Crippen LogP contribution >= 0.6 is 0 Å². The Morgan fingerprint density at radius 3 is 2.49 bits per heavy atom. The summed E-state index contributed by atoms with van der Waals surface area (Å²) < 4.78 is 19.0. The number of imidazole rings is 1. The lowest BCUT2D eigenvalue weighted by atomic mass is 9.95. The number of methoxy groups -OCH3 is 2. The van der Waals surface area contributed by atoms with E-state index in [1.54, 1.807) is 30.3 Å². The summed E-state index contributed by atoms with van der Waals surface area (Å²) in [5.74, 6) is 0.531. The molecule has 1 fully saturated rings. The van der Waals surface area contributed by atoms with Crippen LogP contribution in [0.3, 0.4) is 0 Å². The number of benzene rings is 3. The van der Waals surface area contributed by atoms with Crippen LogP contribution in [-0.4, -0.2) is 40.8 Å². The minimum absolute atomic E-state index is 0.276. The molecule has 1 amide bonds. The Hall–Kier alpha value is -4.79. The van der Waals surface area contributed by atoms with Gasteiger partial charge in [0.05, 0.1) is 25.3 Å². The smallest absolute Gasteiger partial charge is 0.330 e. The van der Waals surface area contributed by atoms with Crippen LogP contribution in [0.15, 0.2) is 71.1 Å². The zero-order chi connectivity index (χ0) is 28.5. The van der Waals surface area contributed by atoms with Crippen LogP contribution in [0.4, 0.5) is 0 Å². The van der Waals surface area contributed by atoms with E-state index in [0.29, 0.717) is 33.9 Å². The summed E-state index contributed by atoms with van der Waals surface area (Å²) in [5, 5.41) is 13.6. The average molecular weight is 554 g/mol. The first-order valence-electron chi connectivity index (χ1n) is 13.7. The van der Waals surface area contributed by atoms with Gasteiger partial charge in [0.1, 0.15) is 5.58 Å². The highest BCUT2D eigenvalue weighted by Gasteiger charge is 2.27. The maximum absolute atomic E-state index is 13.4. The molecule has 1 aliphatic rings. The summed E-state index contributed by atoms with van der Waals surface area (Å²) in [6, 6.07) is 18.9. The number of aromatic nitrogens is 2. The summed E-state index contributed by atoms with van der Waals surface area (Å²) in [7, 11) is 2.97. The van der Waals surface area contributed by atoms with Gasteiger partial charge in [-0.05, 0) is 60.9 Å². The Bertz CT molecular complexity index is 1710. The van der Waals surface area contributed by atoms with Crippen LogP contribution in [0.5, 0.6) is 11.5 Å². The molecule has 3 aromatic carbocycles. The van der Waals surface area contributed by atoms with Crippen LogP contribution < -0.4 is 14.8 Å². The molecule has 1 aliphatic carbocycles. The number of carboxylic acid groups (broad SMARTS) is 1. The number of nitrogens with one attached hydrogen (secondary N) is 1. The Kier molecular flexibility index (Phi) is 7.09. The monoisotopic (exact) mass is 553 g/mol.